The van der Waals surface area contributed by atoms with E-state index in [9.17, 15) is 4.79 Å². The molecule has 8 heteroatoms. The van der Waals surface area contributed by atoms with Crippen LogP contribution in [0.2, 0.25) is 0 Å². The molecule has 0 radical (unpaired) electrons. The fourth-order valence-electron chi connectivity index (χ4n) is 3.29. The number of aromatic nitrogens is 4. The minimum atomic E-state index is 0.171. The molecule has 2 aliphatic rings. The van der Waals surface area contributed by atoms with Crippen molar-refractivity contribution in [2.75, 3.05) is 24.5 Å². The molecule has 1 amide bonds. The van der Waals surface area contributed by atoms with E-state index in [1.54, 1.807) is 11.8 Å². The molecule has 4 rings (SSSR count). The molecule has 3 heterocycles. The van der Waals surface area contributed by atoms with Gasteiger partial charge in [-0.1, -0.05) is 25.6 Å². The first-order valence-electron chi connectivity index (χ1n) is 9.54. The zero-order chi connectivity index (χ0) is 18.1. The highest BCUT2D eigenvalue weighted by atomic mass is 32.2. The number of hydrogen-bond donors (Lipinski definition) is 1. The number of nitrogens with one attached hydrogen (secondary N) is 1. The van der Waals surface area contributed by atoms with Crippen LogP contribution in [0.1, 0.15) is 39.5 Å². The third kappa shape index (κ3) is 3.79. The number of carbonyl (C=O) groups is 1. The van der Waals surface area contributed by atoms with Crippen LogP contribution < -0.4 is 10.2 Å². The summed E-state index contributed by atoms with van der Waals surface area (Å²) in [6.07, 6.45) is 6.34. The molecule has 0 aromatic carbocycles. The smallest absolute Gasteiger partial charge is 0.223 e. The Morgan fingerprint density at radius 1 is 1.31 bits per heavy atom. The van der Waals surface area contributed by atoms with Gasteiger partial charge in [0.25, 0.3) is 0 Å². The molecule has 140 valence electrons. The Labute approximate surface area is 157 Å². The second kappa shape index (κ2) is 7.42. The lowest BCUT2D eigenvalue weighted by Gasteiger charge is -2.18. The van der Waals surface area contributed by atoms with Gasteiger partial charge in [-0.25, -0.2) is 14.6 Å². The summed E-state index contributed by atoms with van der Waals surface area (Å²) in [6.45, 7) is 7.60. The predicted octanol–water partition coefficient (Wildman–Crippen LogP) is 2.45. The van der Waals surface area contributed by atoms with Gasteiger partial charge in [0, 0.05) is 30.8 Å². The molecule has 7 nitrogen and oxygen atoms in total. The van der Waals surface area contributed by atoms with Crippen LogP contribution in [0.5, 0.6) is 0 Å². The van der Waals surface area contributed by atoms with Crippen LogP contribution in [0.3, 0.4) is 0 Å². The average molecular weight is 375 g/mol. The molecular formula is C18H26N6OS. The van der Waals surface area contributed by atoms with Crippen LogP contribution in [-0.4, -0.2) is 50.5 Å². The highest BCUT2D eigenvalue weighted by Gasteiger charge is 2.29. The maximum Gasteiger partial charge on any atom is 0.223 e. The molecule has 2 aromatic heterocycles. The maximum atomic E-state index is 11.8. The lowest BCUT2D eigenvalue weighted by atomic mass is 10.3. The van der Waals surface area contributed by atoms with Gasteiger partial charge in [0.15, 0.2) is 10.8 Å². The second-order valence-electron chi connectivity index (χ2n) is 7.36. The average Bonchev–Trinajstić information content (AvgIpc) is 3.16. The molecule has 1 N–H and O–H groups in total. The molecule has 26 heavy (non-hydrogen) atoms. The summed E-state index contributed by atoms with van der Waals surface area (Å²) in [4.78, 5) is 23.8. The van der Waals surface area contributed by atoms with Crippen molar-refractivity contribution in [3.05, 3.63) is 6.20 Å². The van der Waals surface area contributed by atoms with Crippen LogP contribution in [0.25, 0.3) is 11.0 Å². The number of anilines is 1. The van der Waals surface area contributed by atoms with Gasteiger partial charge in [0.1, 0.15) is 5.82 Å². The summed E-state index contributed by atoms with van der Waals surface area (Å²) < 4.78 is 1.90. The molecule has 1 saturated carbocycles. The Morgan fingerprint density at radius 2 is 2.08 bits per heavy atom. The summed E-state index contributed by atoms with van der Waals surface area (Å²) >= 11 is 1.68. The molecule has 2 fully saturated rings. The van der Waals surface area contributed by atoms with E-state index in [4.69, 9.17) is 9.97 Å². The van der Waals surface area contributed by atoms with Gasteiger partial charge in [-0.05, 0) is 25.7 Å². The molecule has 2 aromatic rings. The van der Waals surface area contributed by atoms with Crippen molar-refractivity contribution in [3.8, 4) is 0 Å². The summed E-state index contributed by atoms with van der Waals surface area (Å²) in [5.41, 5.74) is 0.866. The van der Waals surface area contributed by atoms with Crippen molar-refractivity contribution in [3.63, 3.8) is 0 Å². The number of hydrogen-bond acceptors (Lipinski definition) is 6. The van der Waals surface area contributed by atoms with Crippen molar-refractivity contribution in [1.29, 1.82) is 0 Å². The maximum absolute atomic E-state index is 11.8. The van der Waals surface area contributed by atoms with Crippen LogP contribution in [0, 0.1) is 5.92 Å². The van der Waals surface area contributed by atoms with E-state index in [1.807, 2.05) is 10.9 Å². The number of thioether (sulfide) groups is 1. The van der Waals surface area contributed by atoms with Crippen molar-refractivity contribution in [1.82, 2.24) is 25.1 Å². The second-order valence-corrected chi connectivity index (χ2v) is 8.90. The first-order chi connectivity index (χ1) is 12.6. The third-order valence-electron chi connectivity index (χ3n) is 4.77. The van der Waals surface area contributed by atoms with Gasteiger partial charge < -0.3 is 10.2 Å². The number of fused-ring (bicyclic) bond motifs is 1. The molecule has 0 atom stereocenters. The Kier molecular flexibility index (Phi) is 5.02. The zero-order valence-electron chi connectivity index (χ0n) is 15.4. The summed E-state index contributed by atoms with van der Waals surface area (Å²) in [5.74, 6) is 1.41. The van der Waals surface area contributed by atoms with Gasteiger partial charge in [0.2, 0.25) is 5.91 Å². The van der Waals surface area contributed by atoms with E-state index in [0.717, 1.165) is 47.9 Å². The first kappa shape index (κ1) is 17.6. The molecule has 1 aliphatic carbocycles. The molecule has 1 saturated heterocycles. The Balaban J connectivity index is 1.58. The largest absolute Gasteiger partial charge is 0.356 e. The third-order valence-corrected chi connectivity index (χ3v) is 5.64. The minimum absolute atomic E-state index is 0.171. The highest BCUT2D eigenvalue weighted by molar-refractivity contribution is 7.99. The van der Waals surface area contributed by atoms with E-state index < -0.39 is 0 Å². The van der Waals surface area contributed by atoms with E-state index in [1.165, 1.54) is 12.8 Å². The predicted molar refractivity (Wildman–Crippen MR) is 103 cm³/mol. The van der Waals surface area contributed by atoms with Gasteiger partial charge in [-0.2, -0.15) is 5.10 Å². The normalized spacial score (nSPS) is 17.4. The molecule has 0 spiro atoms. The molecule has 0 unspecified atom stereocenters. The molecule has 1 aliphatic heterocycles. The van der Waals surface area contributed by atoms with Crippen LogP contribution >= 0.6 is 11.8 Å². The van der Waals surface area contributed by atoms with E-state index >= 15 is 0 Å². The van der Waals surface area contributed by atoms with Crippen molar-refractivity contribution < 1.29 is 4.79 Å². The summed E-state index contributed by atoms with van der Waals surface area (Å²) in [5, 5.41) is 9.77. The number of amides is 1. The number of rotatable bonds is 7. The number of carbonyl (C=O) groups excluding carboxylic acids is 1. The fraction of sp³-hybridized carbons (Fsp3) is 0.667. The highest BCUT2D eigenvalue weighted by Crippen LogP contribution is 2.31. The van der Waals surface area contributed by atoms with E-state index in [0.29, 0.717) is 18.3 Å². The fourth-order valence-corrected chi connectivity index (χ4v) is 3.99. The Hall–Kier alpha value is -1.83. The molecular weight excluding hydrogens is 348 g/mol. The van der Waals surface area contributed by atoms with Crippen molar-refractivity contribution in [2.24, 2.45) is 5.92 Å². The first-order valence-corrected chi connectivity index (χ1v) is 10.4. The SMILES string of the molecule is CC(C)Sc1nc(N2CCCC2)c2cnn(CCNC(=O)C3CC3)c2n1. The van der Waals surface area contributed by atoms with Gasteiger partial charge >= 0.3 is 0 Å². The van der Waals surface area contributed by atoms with Gasteiger partial charge in [-0.15, -0.1) is 0 Å². The Bertz CT molecular complexity index is 794. The van der Waals surface area contributed by atoms with Crippen LogP contribution in [-0.2, 0) is 11.3 Å². The quantitative estimate of drug-likeness (QED) is 0.593. The zero-order valence-corrected chi connectivity index (χ0v) is 16.3. The molecule has 0 bridgehead atoms. The topological polar surface area (TPSA) is 75.9 Å². The van der Waals surface area contributed by atoms with Gasteiger partial charge in [-0.3, -0.25) is 4.79 Å². The van der Waals surface area contributed by atoms with Gasteiger partial charge in [0.05, 0.1) is 18.1 Å². The monoisotopic (exact) mass is 374 g/mol. The van der Waals surface area contributed by atoms with E-state index in [-0.39, 0.29) is 11.8 Å². The summed E-state index contributed by atoms with van der Waals surface area (Å²) in [6, 6.07) is 0. The van der Waals surface area contributed by atoms with Crippen molar-refractivity contribution >= 4 is 34.5 Å². The lowest BCUT2D eigenvalue weighted by Crippen LogP contribution is -2.28. The standard InChI is InChI=1S/C18H26N6OS/c1-12(2)26-18-21-15(23-8-3-4-9-23)14-11-20-24(16(14)22-18)10-7-19-17(25)13-5-6-13/h11-13H,3-10H2,1-2H3,(H,19,25). The lowest BCUT2D eigenvalue weighted by molar-refractivity contribution is -0.122. The van der Waals surface area contributed by atoms with Crippen LogP contribution in [0.4, 0.5) is 5.82 Å². The minimum Gasteiger partial charge on any atom is -0.356 e. The van der Waals surface area contributed by atoms with E-state index in [2.05, 4.69) is 29.2 Å². The van der Waals surface area contributed by atoms with Crippen molar-refractivity contribution in [2.45, 2.75) is 56.5 Å². The van der Waals surface area contributed by atoms with Crippen LogP contribution in [0.15, 0.2) is 11.4 Å². The Morgan fingerprint density at radius 3 is 2.77 bits per heavy atom. The summed E-state index contributed by atoms with van der Waals surface area (Å²) in [7, 11) is 0. The number of nitrogens with zero attached hydrogens (tertiary/aromatic N) is 5.